The van der Waals surface area contributed by atoms with Gasteiger partial charge in [0.2, 0.25) is 0 Å². The molecular weight excluding hydrogens is 570 g/mol. The average molecular weight is 592 g/mol. The number of phenols is 1. The fraction of sp³-hybridized carbons (Fsp3) is 0.214. The van der Waals surface area contributed by atoms with Gasteiger partial charge < -0.3 is 14.6 Å². The van der Waals surface area contributed by atoms with Crippen LogP contribution in [0.4, 0.5) is 0 Å². The molecule has 3 aliphatic rings. The summed E-state index contributed by atoms with van der Waals surface area (Å²) in [7, 11) is 2.87. The van der Waals surface area contributed by atoms with E-state index in [-0.39, 0.29) is 45.7 Å². The van der Waals surface area contributed by atoms with Gasteiger partial charge in [-0.3, -0.25) is 9.59 Å². The van der Waals surface area contributed by atoms with Gasteiger partial charge in [-0.2, -0.15) is 0 Å². The molecule has 0 radical (unpaired) electrons. The molecule has 3 aromatic rings. The average Bonchev–Trinajstić information content (AvgIpc) is 3.20. The lowest BCUT2D eigenvalue weighted by Crippen LogP contribution is -2.40. The van der Waals surface area contributed by atoms with Gasteiger partial charge in [0, 0.05) is 47.3 Å². The van der Waals surface area contributed by atoms with Crippen LogP contribution in [0.1, 0.15) is 23.9 Å². The Morgan fingerprint density at radius 3 is 2.44 bits per heavy atom. The molecule has 39 heavy (non-hydrogen) atoms. The number of halogens is 1. The van der Waals surface area contributed by atoms with Crippen LogP contribution in [-0.4, -0.2) is 44.8 Å². The highest BCUT2D eigenvalue weighted by atomic mass is 79.9. The van der Waals surface area contributed by atoms with Crippen molar-refractivity contribution in [2.45, 2.75) is 24.9 Å². The molecule has 1 aromatic heterocycles. The summed E-state index contributed by atoms with van der Waals surface area (Å²) in [4.78, 5) is 53.9. The van der Waals surface area contributed by atoms with Crippen molar-refractivity contribution in [3.05, 3.63) is 102 Å². The minimum atomic E-state index is -0.913. The molecule has 2 aliphatic carbocycles. The van der Waals surface area contributed by atoms with Crippen LogP contribution in [0.25, 0.3) is 5.69 Å². The van der Waals surface area contributed by atoms with E-state index in [0.717, 1.165) is 4.57 Å². The van der Waals surface area contributed by atoms with E-state index < -0.39 is 34.9 Å². The lowest BCUT2D eigenvalue weighted by molar-refractivity contribution is -0.115. The first-order valence-electron chi connectivity index (χ1n) is 12.1. The molecule has 2 aromatic carbocycles. The molecule has 0 saturated carbocycles. The molecule has 11 heteroatoms. The number of phenolic OH excluding ortho intramolecular Hbond substituents is 1. The van der Waals surface area contributed by atoms with Crippen LogP contribution < -0.4 is 20.9 Å². The highest BCUT2D eigenvalue weighted by Crippen LogP contribution is 2.54. The first-order chi connectivity index (χ1) is 18.8. The molecule has 0 spiro atoms. The minimum absolute atomic E-state index is 0.0164. The normalized spacial score (nSPS) is 20.1. The van der Waals surface area contributed by atoms with E-state index in [9.17, 15) is 24.3 Å². The van der Waals surface area contributed by atoms with Crippen LogP contribution in [0.5, 0.6) is 17.2 Å². The Balaban J connectivity index is 1.63. The summed E-state index contributed by atoms with van der Waals surface area (Å²) < 4.78 is 14.7. The van der Waals surface area contributed by atoms with Crippen LogP contribution in [-0.2, 0) is 16.1 Å². The molecule has 6 rings (SSSR count). The number of ketones is 2. The van der Waals surface area contributed by atoms with Crippen LogP contribution >= 0.6 is 15.9 Å². The van der Waals surface area contributed by atoms with Crippen molar-refractivity contribution in [3.63, 3.8) is 0 Å². The number of methoxy groups -OCH3 is 2. The van der Waals surface area contributed by atoms with Crippen molar-refractivity contribution in [2.24, 2.45) is 0 Å². The Morgan fingerprint density at radius 1 is 1.00 bits per heavy atom. The van der Waals surface area contributed by atoms with E-state index in [1.165, 1.54) is 35.7 Å². The molecule has 1 N–H and O–H groups in total. The van der Waals surface area contributed by atoms with Crippen molar-refractivity contribution < 1.29 is 24.2 Å². The second-order valence-electron chi connectivity index (χ2n) is 9.36. The van der Waals surface area contributed by atoms with Crippen molar-refractivity contribution >= 4 is 27.5 Å². The number of benzene rings is 2. The molecule has 0 amide bonds. The lowest BCUT2D eigenvalue weighted by atomic mass is 9.68. The van der Waals surface area contributed by atoms with Gasteiger partial charge in [0.15, 0.2) is 11.6 Å². The molecule has 0 saturated heterocycles. The minimum Gasteiger partial charge on any atom is -0.507 e. The van der Waals surface area contributed by atoms with Gasteiger partial charge in [0.1, 0.15) is 17.2 Å². The fourth-order valence-electron chi connectivity index (χ4n) is 5.77. The maximum Gasteiger partial charge on any atom is 0.352 e. The van der Waals surface area contributed by atoms with Crippen molar-refractivity contribution in [1.82, 2.24) is 13.9 Å². The number of hydrogen-bond acceptors (Lipinski definition) is 7. The highest BCUT2D eigenvalue weighted by molar-refractivity contribution is 9.12. The molecule has 0 fully saturated rings. The van der Waals surface area contributed by atoms with Gasteiger partial charge in [0.25, 0.3) is 0 Å². The summed E-state index contributed by atoms with van der Waals surface area (Å²) in [6.07, 6.45) is 3.02. The molecule has 10 nitrogen and oxygen atoms in total. The van der Waals surface area contributed by atoms with E-state index in [4.69, 9.17) is 9.47 Å². The number of aromatic nitrogens is 3. The standard InChI is InChI=1S/C28H22BrN3O7/c1-38-15-10-20(33)25(22(11-15)39-2)24-16-8-9-30-27(36)31(14-6-4-3-5-7-14)28(37)32(30)19(16)12-17-23(24)21(34)13-18(29)26(17)35/h3-8,10-11,13,19,24,33H,9,12H2,1-2H3. The molecule has 1 aliphatic heterocycles. The third-order valence-electron chi connectivity index (χ3n) is 7.45. The van der Waals surface area contributed by atoms with E-state index in [0.29, 0.717) is 17.0 Å². The van der Waals surface area contributed by atoms with Gasteiger partial charge in [-0.05, 0) is 33.6 Å². The molecule has 2 atom stereocenters. The smallest absolute Gasteiger partial charge is 0.352 e. The zero-order valence-corrected chi connectivity index (χ0v) is 22.5. The number of fused-ring (bicyclic) bond motifs is 3. The zero-order valence-electron chi connectivity index (χ0n) is 20.9. The van der Waals surface area contributed by atoms with Crippen LogP contribution in [0.3, 0.4) is 0 Å². The van der Waals surface area contributed by atoms with Gasteiger partial charge >= 0.3 is 11.4 Å². The van der Waals surface area contributed by atoms with Gasteiger partial charge in [-0.15, -0.1) is 0 Å². The molecule has 2 unspecified atom stereocenters. The summed E-state index contributed by atoms with van der Waals surface area (Å²) in [6, 6.07) is 10.8. The van der Waals surface area contributed by atoms with Gasteiger partial charge in [0.05, 0.1) is 37.0 Å². The van der Waals surface area contributed by atoms with Crippen LogP contribution in [0.15, 0.2) is 85.4 Å². The number of carbonyl (C=O) groups excluding carboxylic acids is 2. The van der Waals surface area contributed by atoms with Crippen molar-refractivity contribution in [3.8, 4) is 22.9 Å². The number of ether oxygens (including phenoxy) is 2. The van der Waals surface area contributed by atoms with E-state index in [1.807, 2.05) is 0 Å². The molecule has 2 heterocycles. The summed E-state index contributed by atoms with van der Waals surface area (Å²) in [5.41, 5.74) is 0.609. The summed E-state index contributed by atoms with van der Waals surface area (Å²) >= 11 is 3.20. The monoisotopic (exact) mass is 591 g/mol. The Labute approximate surface area is 229 Å². The zero-order chi connectivity index (χ0) is 27.6. The maximum atomic E-state index is 13.8. The maximum absolute atomic E-state index is 13.8. The van der Waals surface area contributed by atoms with E-state index >= 15 is 0 Å². The van der Waals surface area contributed by atoms with Gasteiger partial charge in [-0.1, -0.05) is 24.3 Å². The second-order valence-corrected chi connectivity index (χ2v) is 10.2. The summed E-state index contributed by atoms with van der Waals surface area (Å²) in [6.45, 7) is 0.0553. The van der Waals surface area contributed by atoms with Gasteiger partial charge in [-0.25, -0.2) is 23.5 Å². The Kier molecular flexibility index (Phi) is 5.83. The van der Waals surface area contributed by atoms with Crippen molar-refractivity contribution in [2.75, 3.05) is 14.2 Å². The number of nitrogens with zero attached hydrogens (tertiary/aromatic N) is 3. The predicted octanol–water partition coefficient (Wildman–Crippen LogP) is 2.92. The first-order valence-corrected chi connectivity index (χ1v) is 12.9. The van der Waals surface area contributed by atoms with Crippen LogP contribution in [0, 0.1) is 0 Å². The third-order valence-corrected chi connectivity index (χ3v) is 8.04. The molecule has 0 bridgehead atoms. The summed E-state index contributed by atoms with van der Waals surface area (Å²) in [5, 5.41) is 11.2. The Bertz CT molecular complexity index is 1790. The number of rotatable bonds is 4. The number of para-hydroxylation sites is 1. The van der Waals surface area contributed by atoms with E-state index in [2.05, 4.69) is 15.9 Å². The SMILES string of the molecule is COc1cc(O)c(C2C3=CCn4c(=O)n(-c5ccccc5)c(=O)n4C3CC3=C2C(=O)C=C(Br)C3=O)c(OC)c1. The number of Topliss-reactive ketones (excluding diaryl/α,β-unsaturated/α-hetero) is 1. The number of allylic oxidation sites excluding steroid dienone is 6. The predicted molar refractivity (Wildman–Crippen MR) is 144 cm³/mol. The number of hydrogen-bond donors (Lipinski definition) is 1. The van der Waals surface area contributed by atoms with Crippen LogP contribution in [0.2, 0.25) is 0 Å². The highest BCUT2D eigenvalue weighted by Gasteiger charge is 2.46. The largest absolute Gasteiger partial charge is 0.507 e. The summed E-state index contributed by atoms with van der Waals surface area (Å²) in [5.74, 6) is -1.31. The van der Waals surface area contributed by atoms with Crippen molar-refractivity contribution in [1.29, 1.82) is 0 Å². The fourth-order valence-corrected chi connectivity index (χ4v) is 6.22. The molecule has 198 valence electrons. The lowest BCUT2D eigenvalue weighted by Gasteiger charge is -2.39. The third kappa shape index (κ3) is 3.60. The quantitative estimate of drug-likeness (QED) is 0.365. The Hall–Kier alpha value is -4.38. The number of carbonyl (C=O) groups is 2. The van der Waals surface area contributed by atoms with E-state index in [1.54, 1.807) is 42.5 Å². The first kappa shape index (κ1) is 24.9. The second kappa shape index (κ2) is 9.12. The number of aromatic hydroxyl groups is 1. The molecular formula is C28H22BrN3O7. The topological polar surface area (TPSA) is 122 Å². The Morgan fingerprint density at radius 2 is 1.74 bits per heavy atom.